The first-order valence-electron chi connectivity index (χ1n) is 18.7. The summed E-state index contributed by atoms with van der Waals surface area (Å²) in [4.78, 5) is 90.2. The van der Waals surface area contributed by atoms with Crippen LogP contribution in [-0.2, 0) is 44.6 Å². The van der Waals surface area contributed by atoms with Crippen LogP contribution < -0.4 is 0 Å². The van der Waals surface area contributed by atoms with Crippen LogP contribution in [0.25, 0.3) is 43.7 Å². The predicted octanol–water partition coefficient (Wildman–Crippen LogP) is 10.3. The van der Waals surface area contributed by atoms with Crippen LogP contribution in [0.5, 0.6) is 0 Å². The predicted molar refractivity (Wildman–Crippen MR) is 221 cm³/mol. The minimum atomic E-state index is -4.80. The number of fused-ring (bicyclic) bond motifs is 4. The fourth-order valence-corrected chi connectivity index (χ4v) is 9.31. The number of benzene rings is 5. The number of thiazole rings is 2. The summed E-state index contributed by atoms with van der Waals surface area (Å²) in [6.07, 6.45) is -7.30. The number of Topliss-reactive ketones (excluding diaryl/α,β-unsaturated/α-hetero) is 4. The van der Waals surface area contributed by atoms with E-state index >= 15 is 0 Å². The Hall–Kier alpha value is -7.44. The van der Waals surface area contributed by atoms with Gasteiger partial charge in [-0.05, 0) is 58.7 Å². The van der Waals surface area contributed by atoms with Gasteiger partial charge in [0.15, 0.2) is 0 Å². The fraction of sp³-hybridized carbons (Fsp3) is 0.0870. The molecule has 318 valence electrons. The Bertz CT molecular complexity index is 2990. The zero-order valence-electron chi connectivity index (χ0n) is 32.1. The molecule has 0 saturated carbocycles. The first kappa shape index (κ1) is 41.9. The van der Waals surface area contributed by atoms with E-state index in [0.717, 1.165) is 59.1 Å². The molecule has 0 aliphatic heterocycles. The summed E-state index contributed by atoms with van der Waals surface area (Å²) in [5.74, 6) is -6.53. The van der Waals surface area contributed by atoms with Gasteiger partial charge in [-0.25, -0.2) is 19.6 Å². The van der Waals surface area contributed by atoms with Crippen LogP contribution in [0.4, 0.5) is 26.3 Å². The Kier molecular flexibility index (Phi) is 10.3. The highest BCUT2D eigenvalue weighted by Gasteiger charge is 2.40. The molecule has 64 heavy (non-hydrogen) atoms. The summed E-state index contributed by atoms with van der Waals surface area (Å²) in [5, 5.41) is -0.115. The van der Waals surface area contributed by atoms with Crippen molar-refractivity contribution in [3.63, 3.8) is 0 Å². The molecule has 10 nitrogen and oxygen atoms in total. The van der Waals surface area contributed by atoms with Crippen molar-refractivity contribution in [3.8, 4) is 0 Å². The summed E-state index contributed by atoms with van der Waals surface area (Å²) < 4.78 is 92.7. The molecule has 7 aromatic rings. The normalized spacial score (nSPS) is 15.2. The second kappa shape index (κ2) is 15.7. The van der Waals surface area contributed by atoms with Crippen molar-refractivity contribution >= 4 is 101 Å². The Morgan fingerprint density at radius 1 is 0.516 bits per heavy atom. The number of ether oxygens (including phenoxy) is 2. The van der Waals surface area contributed by atoms with E-state index in [2.05, 4.69) is 9.97 Å². The quantitative estimate of drug-likeness (QED) is 0.0625. The van der Waals surface area contributed by atoms with Crippen LogP contribution in [0.3, 0.4) is 0 Å². The highest BCUT2D eigenvalue weighted by molar-refractivity contribution is 7.22. The Morgan fingerprint density at radius 3 is 1.25 bits per heavy atom. The summed E-state index contributed by atoms with van der Waals surface area (Å²) in [6, 6.07) is 21.7. The molecule has 9 rings (SSSR count). The van der Waals surface area contributed by atoms with Gasteiger partial charge in [-0.3, -0.25) is 19.2 Å². The molecule has 2 aromatic heterocycles. The van der Waals surface area contributed by atoms with Crippen LogP contribution >= 0.6 is 22.7 Å². The molecule has 0 fully saturated rings. The van der Waals surface area contributed by atoms with Crippen molar-refractivity contribution in [3.05, 3.63) is 163 Å². The maximum Gasteiger partial charge on any atom is 0.416 e. The molecule has 5 aromatic carbocycles. The van der Waals surface area contributed by atoms with Crippen molar-refractivity contribution in [2.45, 2.75) is 25.6 Å². The lowest BCUT2D eigenvalue weighted by Crippen LogP contribution is -2.10. The molecule has 0 bridgehead atoms. The smallest absolute Gasteiger partial charge is 0.416 e. The monoisotopic (exact) mass is 908 g/mol. The average Bonchev–Trinajstić information content (AvgIpc) is 4.00. The number of halogens is 6. The standard InChI is InChI=1S/C46H22F6N2O8S2/c47-45(48,49)23-11-13-25-27(15-23)37(55)39(57)29(25)17-31-53-35-33(43(59)61-19-21-7-3-1-4-8-21)41-36(34(42(35)64-31)44(60)62-20-22-9-5-2-6-10-22)54-32(63-41)18-30-26-14-12-24(46(50,51)52)16-28(26)38(56)40(30)58/h1-18H,19-20H2/b29-17-,30-18-. The lowest BCUT2D eigenvalue weighted by Gasteiger charge is -2.10. The second-order valence-corrected chi connectivity index (χ2v) is 16.3. The number of nitrogens with zero attached hydrogens (tertiary/aromatic N) is 2. The minimum Gasteiger partial charge on any atom is -0.457 e. The first-order chi connectivity index (χ1) is 30.5. The molecule has 0 amide bonds. The van der Waals surface area contributed by atoms with Crippen molar-refractivity contribution < 1.29 is 64.6 Å². The number of hydrogen-bond donors (Lipinski definition) is 0. The van der Waals surface area contributed by atoms with Crippen molar-refractivity contribution in [2.75, 3.05) is 0 Å². The Labute approximate surface area is 363 Å². The highest BCUT2D eigenvalue weighted by atomic mass is 32.1. The number of ketones is 4. The average molecular weight is 909 g/mol. The van der Waals surface area contributed by atoms with E-state index in [1.807, 2.05) is 0 Å². The van der Waals surface area contributed by atoms with Crippen molar-refractivity contribution in [1.82, 2.24) is 9.97 Å². The molecule has 0 saturated heterocycles. The van der Waals surface area contributed by atoms with E-state index in [1.54, 1.807) is 60.7 Å². The molecule has 0 spiro atoms. The molecule has 0 unspecified atom stereocenters. The third kappa shape index (κ3) is 7.49. The highest BCUT2D eigenvalue weighted by Crippen LogP contribution is 2.44. The molecule has 0 radical (unpaired) electrons. The molecule has 18 heteroatoms. The van der Waals surface area contributed by atoms with Gasteiger partial charge in [0.1, 0.15) is 34.4 Å². The van der Waals surface area contributed by atoms with Crippen LogP contribution in [0, 0.1) is 0 Å². The molecule has 0 atom stereocenters. The zero-order chi connectivity index (χ0) is 45.2. The van der Waals surface area contributed by atoms with Gasteiger partial charge in [0.2, 0.25) is 23.1 Å². The van der Waals surface area contributed by atoms with Crippen LogP contribution in [0.2, 0.25) is 0 Å². The molecule has 2 aliphatic rings. The fourth-order valence-electron chi connectivity index (χ4n) is 7.21. The molecular weight excluding hydrogens is 887 g/mol. The van der Waals surface area contributed by atoms with Gasteiger partial charge in [-0.1, -0.05) is 72.8 Å². The summed E-state index contributed by atoms with van der Waals surface area (Å²) in [5.41, 5.74) is -3.59. The number of alkyl halides is 6. The number of rotatable bonds is 8. The van der Waals surface area contributed by atoms with Gasteiger partial charge in [-0.15, -0.1) is 22.7 Å². The number of esters is 2. The van der Waals surface area contributed by atoms with E-state index < -0.39 is 69.7 Å². The first-order valence-corrected chi connectivity index (χ1v) is 20.3. The van der Waals surface area contributed by atoms with Crippen LogP contribution in [0.1, 0.15) is 84.8 Å². The lowest BCUT2D eigenvalue weighted by atomic mass is 10.0. The molecular formula is C46H22F6N2O8S2. The lowest BCUT2D eigenvalue weighted by molar-refractivity contribution is -0.138. The maximum absolute atomic E-state index is 14.3. The molecule has 2 heterocycles. The zero-order valence-corrected chi connectivity index (χ0v) is 33.7. The number of hydrogen-bond acceptors (Lipinski definition) is 12. The molecule has 0 N–H and O–H groups in total. The number of carbonyl (C=O) groups excluding carboxylic acids is 6. The van der Waals surface area contributed by atoms with Crippen LogP contribution in [-0.4, -0.2) is 45.0 Å². The van der Waals surface area contributed by atoms with Gasteiger partial charge >= 0.3 is 24.3 Å². The third-order valence-corrected chi connectivity index (χ3v) is 12.3. The molecule has 2 aliphatic carbocycles. The van der Waals surface area contributed by atoms with Gasteiger partial charge < -0.3 is 9.47 Å². The van der Waals surface area contributed by atoms with Crippen LogP contribution in [0.15, 0.2) is 97.1 Å². The van der Waals surface area contributed by atoms with E-state index in [-0.39, 0.29) is 77.1 Å². The number of carbonyl (C=O) groups is 6. The largest absolute Gasteiger partial charge is 0.457 e. The number of aromatic nitrogens is 2. The minimum absolute atomic E-state index is 0.0184. The second-order valence-electron chi connectivity index (χ2n) is 14.3. The Balaban J connectivity index is 1.24. The Morgan fingerprint density at radius 2 is 0.891 bits per heavy atom. The van der Waals surface area contributed by atoms with Gasteiger partial charge in [-0.2, -0.15) is 26.3 Å². The van der Waals surface area contributed by atoms with Crippen molar-refractivity contribution in [2.24, 2.45) is 0 Å². The number of allylic oxidation sites excluding steroid dienone is 2. The van der Waals surface area contributed by atoms with E-state index in [1.165, 1.54) is 0 Å². The SMILES string of the molecule is O=C1C(=O)c2cc(C(F)(F)F)ccc2/C1=C/c1nc2c(C(=O)OCc3ccccc3)c3sc(/C=C4\C(=O)C(=O)c5cc(C(F)(F)F)ccc54)nc3c(C(=O)OCc3ccccc3)c2s1. The van der Waals surface area contributed by atoms with Gasteiger partial charge in [0, 0.05) is 22.3 Å². The van der Waals surface area contributed by atoms with E-state index in [9.17, 15) is 55.1 Å². The van der Waals surface area contributed by atoms with Crippen molar-refractivity contribution in [1.29, 1.82) is 0 Å². The van der Waals surface area contributed by atoms with E-state index in [0.29, 0.717) is 23.3 Å². The van der Waals surface area contributed by atoms with Gasteiger partial charge in [0.05, 0.1) is 31.6 Å². The summed E-state index contributed by atoms with van der Waals surface area (Å²) in [7, 11) is 0. The third-order valence-electron chi connectivity index (χ3n) is 10.2. The summed E-state index contributed by atoms with van der Waals surface area (Å²) in [6.45, 7) is -0.470. The topological polar surface area (TPSA) is 147 Å². The summed E-state index contributed by atoms with van der Waals surface area (Å²) >= 11 is 1.53. The maximum atomic E-state index is 14.3. The van der Waals surface area contributed by atoms with Gasteiger partial charge in [0.25, 0.3) is 0 Å². The van der Waals surface area contributed by atoms with E-state index in [4.69, 9.17) is 9.47 Å².